The van der Waals surface area contributed by atoms with Gasteiger partial charge in [0, 0.05) is 36.4 Å². The number of anilines is 3. The van der Waals surface area contributed by atoms with Crippen LogP contribution in [0.5, 0.6) is 5.88 Å². The van der Waals surface area contributed by atoms with Crippen molar-refractivity contribution in [2.24, 2.45) is 18.0 Å². The van der Waals surface area contributed by atoms with Gasteiger partial charge < -0.3 is 19.7 Å². The molecule has 212 valence electrons. The van der Waals surface area contributed by atoms with Crippen molar-refractivity contribution in [2.45, 2.75) is 39.5 Å². The van der Waals surface area contributed by atoms with Crippen LogP contribution in [0, 0.1) is 12.8 Å². The Balaban J connectivity index is 1.41. The minimum Gasteiger partial charge on any atom is -0.477 e. The average Bonchev–Trinajstić information content (AvgIpc) is 3.60. The molecule has 2 N–H and O–H groups in total. The molecule has 1 saturated heterocycles. The third-order valence-corrected chi connectivity index (χ3v) is 10.8. The summed E-state index contributed by atoms with van der Waals surface area (Å²) in [6, 6.07) is 7.22. The van der Waals surface area contributed by atoms with E-state index in [0.29, 0.717) is 64.2 Å². The van der Waals surface area contributed by atoms with Crippen molar-refractivity contribution < 1.29 is 13.7 Å². The van der Waals surface area contributed by atoms with Gasteiger partial charge in [0.25, 0.3) is 5.91 Å². The Kier molecular flexibility index (Phi) is 7.03. The second-order valence-electron chi connectivity index (χ2n) is 10.9. The SMILES string of the molecule is Cc1cc2cc(n1)-c1cnn(C)c1OCCC[C@@H](C)CN1/C(=N/C2=O)Nc2ccc(N[SH]3(=O)CCCC3)c(Cl)c21. The van der Waals surface area contributed by atoms with E-state index in [1.54, 1.807) is 23.0 Å². The molecule has 0 spiro atoms. The molecule has 1 amide bonds. The van der Waals surface area contributed by atoms with Crippen LogP contribution in [0.15, 0.2) is 35.5 Å². The standard InChI is InChI=1S/C28H34ClN7O3S/c1-17-7-6-10-39-27-20(15-30-35(27)3)23-14-19(13-18(2)31-23)26(37)33-28-32-22-9-8-21(24(29)25(22)36(28)16-17)34-40(38)11-4-5-12-40/h8-9,13-15,17,40H,4-7,10-12,16H2,1-3H3,(H,34,38)(H,32,33,37)/t17-/m1/s1. The summed E-state index contributed by atoms with van der Waals surface area (Å²) < 4.78 is 24.4. The Bertz CT molecular complexity index is 1560. The van der Waals surface area contributed by atoms with Crippen molar-refractivity contribution in [3.63, 3.8) is 0 Å². The smallest absolute Gasteiger partial charge is 0.280 e. The summed E-state index contributed by atoms with van der Waals surface area (Å²) in [6.45, 7) is 5.12. The van der Waals surface area contributed by atoms with Gasteiger partial charge in [-0.15, -0.1) is 0 Å². The largest absolute Gasteiger partial charge is 0.477 e. The number of amides is 1. The Hall–Kier alpha value is -3.44. The monoisotopic (exact) mass is 583 g/mol. The van der Waals surface area contributed by atoms with E-state index in [4.69, 9.17) is 16.3 Å². The van der Waals surface area contributed by atoms with E-state index >= 15 is 0 Å². The van der Waals surface area contributed by atoms with Gasteiger partial charge in [-0.1, -0.05) is 18.5 Å². The first-order valence-corrected chi connectivity index (χ1v) is 16.2. The zero-order valence-corrected chi connectivity index (χ0v) is 24.6. The molecule has 10 nitrogen and oxygen atoms in total. The molecule has 3 aliphatic heterocycles. The summed E-state index contributed by atoms with van der Waals surface area (Å²) in [5, 5.41) is 8.15. The summed E-state index contributed by atoms with van der Waals surface area (Å²) in [5.74, 6) is 2.23. The van der Waals surface area contributed by atoms with Crippen molar-refractivity contribution in [2.75, 3.05) is 39.6 Å². The normalized spacial score (nSPS) is 22.4. The lowest BCUT2D eigenvalue weighted by atomic mass is 10.1. The van der Waals surface area contributed by atoms with Gasteiger partial charge in [0.05, 0.1) is 46.1 Å². The number of ether oxygens (including phenoxy) is 1. The number of benzene rings is 1. The van der Waals surface area contributed by atoms with E-state index in [-0.39, 0.29) is 5.92 Å². The van der Waals surface area contributed by atoms with E-state index in [1.807, 2.05) is 31.0 Å². The number of hydrogen-bond acceptors (Lipinski definition) is 7. The van der Waals surface area contributed by atoms with Crippen molar-refractivity contribution in [1.82, 2.24) is 14.8 Å². The Morgan fingerprint density at radius 1 is 1.20 bits per heavy atom. The Morgan fingerprint density at radius 3 is 2.80 bits per heavy atom. The number of aromatic nitrogens is 3. The molecule has 2 bridgehead atoms. The van der Waals surface area contributed by atoms with Crippen LogP contribution in [0.2, 0.25) is 5.02 Å². The maximum absolute atomic E-state index is 13.6. The molecule has 1 fully saturated rings. The van der Waals surface area contributed by atoms with Crippen LogP contribution >= 0.6 is 11.6 Å². The van der Waals surface area contributed by atoms with Gasteiger partial charge >= 0.3 is 0 Å². The number of thiol groups is 1. The van der Waals surface area contributed by atoms with E-state index in [2.05, 4.69) is 32.0 Å². The molecule has 1 atom stereocenters. The lowest BCUT2D eigenvalue weighted by molar-refractivity contribution is 0.100. The number of rotatable bonds is 2. The highest BCUT2D eigenvalue weighted by Gasteiger charge is 2.32. The van der Waals surface area contributed by atoms with Gasteiger partial charge in [0.15, 0.2) is 0 Å². The maximum atomic E-state index is 13.6. The fourth-order valence-electron chi connectivity index (χ4n) is 5.62. The molecule has 1 aromatic carbocycles. The van der Waals surface area contributed by atoms with Gasteiger partial charge in [-0.25, -0.2) is 4.68 Å². The van der Waals surface area contributed by atoms with Crippen LogP contribution in [0.25, 0.3) is 11.3 Å². The molecule has 40 heavy (non-hydrogen) atoms. The number of nitrogens with zero attached hydrogens (tertiary/aromatic N) is 5. The molecule has 6 rings (SSSR count). The minimum atomic E-state index is -2.50. The molecule has 0 saturated carbocycles. The van der Waals surface area contributed by atoms with E-state index in [0.717, 1.165) is 42.6 Å². The molecule has 0 aliphatic carbocycles. The number of hydrogen-bond donors (Lipinski definition) is 3. The second-order valence-corrected chi connectivity index (χ2v) is 14.2. The Labute approximate surface area is 239 Å². The van der Waals surface area contributed by atoms with E-state index in [1.165, 1.54) is 0 Å². The molecule has 5 heterocycles. The van der Waals surface area contributed by atoms with Crippen molar-refractivity contribution in [1.29, 1.82) is 0 Å². The summed E-state index contributed by atoms with van der Waals surface area (Å²) in [4.78, 5) is 24.7. The third-order valence-electron chi connectivity index (χ3n) is 7.64. The number of guanidine groups is 1. The lowest BCUT2D eigenvalue weighted by Gasteiger charge is -2.26. The highest BCUT2D eigenvalue weighted by atomic mass is 35.5. The molecule has 0 radical (unpaired) electrons. The van der Waals surface area contributed by atoms with Crippen LogP contribution in [0.4, 0.5) is 17.1 Å². The predicted molar refractivity (Wildman–Crippen MR) is 161 cm³/mol. The molecule has 0 unspecified atom stereocenters. The molecule has 2 aromatic heterocycles. The first-order valence-electron chi connectivity index (χ1n) is 13.7. The number of carbonyl (C=O) groups is 1. The number of fused-ring (bicyclic) bond motifs is 7. The topological polar surface area (TPSA) is 114 Å². The van der Waals surface area contributed by atoms with Crippen molar-refractivity contribution >= 4 is 50.6 Å². The number of halogens is 1. The highest BCUT2D eigenvalue weighted by Crippen LogP contribution is 2.44. The quantitative estimate of drug-likeness (QED) is 0.371. The molecule has 12 heteroatoms. The Morgan fingerprint density at radius 2 is 2.00 bits per heavy atom. The van der Waals surface area contributed by atoms with Gasteiger partial charge in [-0.3, -0.25) is 14.0 Å². The summed E-state index contributed by atoms with van der Waals surface area (Å²) in [7, 11) is -0.667. The van der Waals surface area contributed by atoms with Crippen LogP contribution < -0.4 is 19.7 Å². The molecular weight excluding hydrogens is 550 g/mol. The number of pyridine rings is 1. The second kappa shape index (κ2) is 10.5. The third kappa shape index (κ3) is 5.08. The number of carbonyl (C=O) groups excluding carboxylic acids is 1. The number of aryl methyl sites for hydroxylation is 2. The fraction of sp³-hybridized carbons (Fsp3) is 0.429. The number of aliphatic imine (C=N–C) groups is 1. The van der Waals surface area contributed by atoms with Crippen LogP contribution in [0.3, 0.4) is 0 Å². The van der Waals surface area contributed by atoms with Crippen LogP contribution in [-0.4, -0.2) is 55.5 Å². The fourth-order valence-corrected chi connectivity index (χ4v) is 8.54. The van der Waals surface area contributed by atoms with Gasteiger partial charge in [0.2, 0.25) is 11.8 Å². The van der Waals surface area contributed by atoms with Crippen LogP contribution in [-0.2, 0) is 17.2 Å². The highest BCUT2D eigenvalue weighted by molar-refractivity contribution is 8.04. The summed E-state index contributed by atoms with van der Waals surface area (Å²) in [6.07, 6.45) is 5.34. The zero-order chi connectivity index (χ0) is 28.0. The molecular formula is C28H34ClN7O3S. The average molecular weight is 584 g/mol. The number of nitrogens with one attached hydrogen (secondary N) is 2. The van der Waals surface area contributed by atoms with Crippen molar-refractivity contribution in [3.05, 3.63) is 46.7 Å². The molecule has 3 aromatic rings. The van der Waals surface area contributed by atoms with E-state index < -0.39 is 16.0 Å². The minimum absolute atomic E-state index is 0.235. The zero-order valence-electron chi connectivity index (χ0n) is 22.9. The first-order chi connectivity index (χ1) is 19.2. The molecule has 3 aliphatic rings. The van der Waals surface area contributed by atoms with Crippen LogP contribution in [0.1, 0.15) is 48.7 Å². The van der Waals surface area contributed by atoms with E-state index in [9.17, 15) is 9.00 Å². The van der Waals surface area contributed by atoms with Crippen molar-refractivity contribution in [3.8, 4) is 17.1 Å². The van der Waals surface area contributed by atoms with Gasteiger partial charge in [-0.05, 0) is 72.9 Å². The van der Waals surface area contributed by atoms with Gasteiger partial charge in [0.1, 0.15) is 0 Å². The predicted octanol–water partition coefficient (Wildman–Crippen LogP) is 4.82. The van der Waals surface area contributed by atoms with Gasteiger partial charge in [-0.2, -0.15) is 10.1 Å². The summed E-state index contributed by atoms with van der Waals surface area (Å²) >= 11 is 6.98. The lowest BCUT2D eigenvalue weighted by Crippen LogP contribution is -2.35. The maximum Gasteiger partial charge on any atom is 0.280 e. The first kappa shape index (κ1) is 26.8. The summed E-state index contributed by atoms with van der Waals surface area (Å²) in [5.41, 5.74) is 4.59.